The Morgan fingerprint density at radius 3 is 1.00 bits per heavy atom. The third kappa shape index (κ3) is 18.3. The molecule has 0 saturated carbocycles. The number of hydrogen-bond acceptors (Lipinski definition) is 0. The molecule has 0 unspecified atom stereocenters. The molecule has 0 nitrogen and oxygen atoms in total. The maximum Gasteiger partial charge on any atom is 0 e. The summed E-state index contributed by atoms with van der Waals surface area (Å²) in [6.45, 7) is 0. The van der Waals surface area contributed by atoms with E-state index >= 15 is 0 Å². The zero-order valence-corrected chi connectivity index (χ0v) is 4.24. The summed E-state index contributed by atoms with van der Waals surface area (Å²) in [5.41, 5.74) is 0. The fraction of sp³-hybridized carbons (Fsp3) is 0. The van der Waals surface area contributed by atoms with Crippen LogP contribution in [0.15, 0.2) is 0 Å². The van der Waals surface area contributed by atoms with Crippen molar-refractivity contribution in [3.05, 3.63) is 0 Å². The second kappa shape index (κ2) is 25.3. The molecule has 0 aliphatic rings. The predicted octanol–water partition coefficient (Wildman–Crippen LogP) is -1.57. The fourth-order valence-electron chi connectivity index (χ4n) is 0. The standard InChI is InChI=1S/Ba.Co.Li.Mn.Ni.3H. The molecule has 0 aliphatic carbocycles. The second-order valence-corrected chi connectivity index (χ2v) is 0. The van der Waals surface area contributed by atoms with Crippen molar-refractivity contribution in [2.45, 2.75) is 0 Å². The molecule has 0 N–H and O–H groups in total. The summed E-state index contributed by atoms with van der Waals surface area (Å²) in [4.78, 5) is 0. The topological polar surface area (TPSA) is 0 Å². The minimum Gasteiger partial charge on any atom is 0 e. The van der Waals surface area contributed by atoms with Crippen molar-refractivity contribution >= 4 is 67.7 Å². The summed E-state index contributed by atoms with van der Waals surface area (Å²) in [7, 11) is 0. The van der Waals surface area contributed by atoms with E-state index in [2.05, 4.69) is 0 Å². The van der Waals surface area contributed by atoms with E-state index in [4.69, 9.17) is 0 Å². The van der Waals surface area contributed by atoms with E-state index in [0.29, 0.717) is 0 Å². The molecule has 5 heteroatoms. The largest absolute Gasteiger partial charge is 0 e. The van der Waals surface area contributed by atoms with Crippen LogP contribution < -0.4 is 0 Å². The first-order valence-corrected chi connectivity index (χ1v) is 0. The van der Waals surface area contributed by atoms with Gasteiger partial charge in [0, 0.05) is 50.3 Å². The van der Waals surface area contributed by atoms with Crippen LogP contribution in [0.3, 0.4) is 0 Å². The average molecular weight is 320 g/mol. The van der Waals surface area contributed by atoms with Gasteiger partial charge in [0.15, 0.2) is 0 Å². The third-order valence-electron chi connectivity index (χ3n) is 0. The van der Waals surface area contributed by atoms with Crippen molar-refractivity contribution in [1.82, 2.24) is 0 Å². The van der Waals surface area contributed by atoms with Crippen LogP contribution in [-0.4, -0.2) is 67.7 Å². The zero-order valence-electron chi connectivity index (χ0n) is 1.03. The molecule has 5 heavy (non-hydrogen) atoms. The maximum atomic E-state index is 0. The Bertz CT molecular complexity index is 11.6. The Morgan fingerprint density at radius 2 is 1.00 bits per heavy atom. The Hall–Kier alpha value is 3.69. The van der Waals surface area contributed by atoms with Crippen LogP contribution >= 0.6 is 0 Å². The smallest absolute Gasteiger partial charge is 0 e. The molecule has 0 spiro atoms. The molecule has 0 aromatic heterocycles. The van der Waals surface area contributed by atoms with Gasteiger partial charge in [-0.05, 0) is 0 Å². The van der Waals surface area contributed by atoms with Crippen LogP contribution in [0.1, 0.15) is 0 Å². The summed E-state index contributed by atoms with van der Waals surface area (Å²) < 4.78 is 0. The van der Waals surface area contributed by atoms with Crippen LogP contribution in [0.2, 0.25) is 0 Å². The van der Waals surface area contributed by atoms with Crippen molar-refractivity contribution in [3.63, 3.8) is 0 Å². The number of hydrogen-bond donors (Lipinski definition) is 0. The van der Waals surface area contributed by atoms with Gasteiger partial charge in [-0.2, -0.15) is 0 Å². The van der Waals surface area contributed by atoms with Gasteiger partial charge in [-0.25, -0.2) is 0 Å². The molecular weight excluding hydrogens is 317 g/mol. The summed E-state index contributed by atoms with van der Waals surface area (Å²) in [5, 5.41) is 0. The van der Waals surface area contributed by atoms with Crippen molar-refractivity contribution in [2.24, 2.45) is 0 Å². The molecule has 0 heterocycles. The average Bonchev–Trinajstić information content (AvgIpc) is 0. The SMILES string of the molecule is [BaH2].[Co].[LiH].[Mn].[Ni]. The van der Waals surface area contributed by atoms with E-state index in [-0.39, 0.29) is 118 Å². The molecule has 0 rings (SSSR count). The summed E-state index contributed by atoms with van der Waals surface area (Å²) >= 11 is 0. The molecular formula is H3BaCoLiMnNi. The zero-order chi connectivity index (χ0) is 0. The monoisotopic (exact) mass is 320 g/mol. The van der Waals surface area contributed by atoms with Crippen molar-refractivity contribution < 1.29 is 50.3 Å². The van der Waals surface area contributed by atoms with Crippen LogP contribution in [0.25, 0.3) is 0 Å². The second-order valence-electron chi connectivity index (χ2n) is 0. The normalized spacial score (nSPS) is 0. The van der Waals surface area contributed by atoms with E-state index in [1.807, 2.05) is 0 Å². The van der Waals surface area contributed by atoms with E-state index < -0.39 is 0 Å². The van der Waals surface area contributed by atoms with Gasteiger partial charge in [0.25, 0.3) is 0 Å². The third-order valence-corrected chi connectivity index (χ3v) is 0. The Balaban J connectivity index is 0. The van der Waals surface area contributed by atoms with Gasteiger partial charge in [0.05, 0.1) is 0 Å². The molecule has 0 aromatic carbocycles. The quantitative estimate of drug-likeness (QED) is 0.473. The summed E-state index contributed by atoms with van der Waals surface area (Å²) in [5.74, 6) is 0. The van der Waals surface area contributed by atoms with Gasteiger partial charge in [-0.1, -0.05) is 0 Å². The van der Waals surface area contributed by atoms with Crippen LogP contribution in [0.4, 0.5) is 0 Å². The molecule has 2 radical (unpaired) electrons. The first kappa shape index (κ1) is 37.8. The fourth-order valence-corrected chi connectivity index (χ4v) is 0. The molecule has 0 atom stereocenters. The summed E-state index contributed by atoms with van der Waals surface area (Å²) in [6, 6.07) is 0. The van der Waals surface area contributed by atoms with E-state index in [1.54, 1.807) is 0 Å². The van der Waals surface area contributed by atoms with Crippen LogP contribution in [0, 0.1) is 0 Å². The van der Waals surface area contributed by atoms with Crippen LogP contribution in [0.5, 0.6) is 0 Å². The maximum absolute atomic E-state index is 0. The first-order chi connectivity index (χ1) is 0. The Kier molecular flexibility index (Phi) is 191. The summed E-state index contributed by atoms with van der Waals surface area (Å²) in [6.07, 6.45) is 0. The van der Waals surface area contributed by atoms with Crippen molar-refractivity contribution in [2.75, 3.05) is 0 Å². The van der Waals surface area contributed by atoms with E-state index in [0.717, 1.165) is 0 Å². The van der Waals surface area contributed by atoms with Gasteiger partial charge in [0.1, 0.15) is 0 Å². The van der Waals surface area contributed by atoms with Gasteiger partial charge < -0.3 is 0 Å². The van der Waals surface area contributed by atoms with E-state index in [9.17, 15) is 0 Å². The van der Waals surface area contributed by atoms with Gasteiger partial charge in [-0.15, -0.1) is 0 Å². The molecule has 0 fully saturated rings. The van der Waals surface area contributed by atoms with Crippen molar-refractivity contribution in [1.29, 1.82) is 0 Å². The molecule has 32 valence electrons. The van der Waals surface area contributed by atoms with Gasteiger partial charge in [-0.3, -0.25) is 0 Å². The molecule has 0 aromatic rings. The number of rotatable bonds is 0. The first-order valence-electron chi connectivity index (χ1n) is 0. The minimum absolute atomic E-state index is 0. The van der Waals surface area contributed by atoms with Gasteiger partial charge in [0.2, 0.25) is 0 Å². The molecule has 0 amide bonds. The van der Waals surface area contributed by atoms with Gasteiger partial charge >= 0.3 is 67.7 Å². The van der Waals surface area contributed by atoms with E-state index in [1.165, 1.54) is 0 Å². The van der Waals surface area contributed by atoms with Crippen LogP contribution in [-0.2, 0) is 50.3 Å². The predicted molar refractivity (Wildman–Crippen MR) is 15.7 cm³/mol. The molecule has 0 bridgehead atoms. The molecule has 0 saturated heterocycles. The minimum atomic E-state index is 0. The van der Waals surface area contributed by atoms with Crippen molar-refractivity contribution in [3.8, 4) is 0 Å². The Labute approximate surface area is 115 Å². The Morgan fingerprint density at radius 1 is 1.00 bits per heavy atom. The molecule has 0 aliphatic heterocycles.